The van der Waals surface area contributed by atoms with Crippen LogP contribution in [0, 0.1) is 0 Å². The van der Waals surface area contributed by atoms with Crippen LogP contribution in [0.4, 0.5) is 0 Å². The monoisotopic (exact) mass is 430 g/mol. The highest BCUT2D eigenvalue weighted by molar-refractivity contribution is 7.98. The molecular weight excluding hydrogens is 408 g/mol. The second-order valence-electron chi connectivity index (χ2n) is 6.64. The number of nitrogens with zero attached hydrogens (tertiary/aromatic N) is 4. The van der Waals surface area contributed by atoms with E-state index in [4.69, 9.17) is 0 Å². The second kappa shape index (κ2) is 10.4. The minimum Gasteiger partial charge on any atom is -0.348 e. The number of nitrogens with one attached hydrogen (secondary N) is 2. The van der Waals surface area contributed by atoms with Crippen LogP contribution in [0.25, 0.3) is 5.69 Å². The number of tetrazole rings is 1. The molecule has 1 amide bonds. The molecule has 1 saturated heterocycles. The van der Waals surface area contributed by atoms with Gasteiger partial charge in [-0.15, -0.1) is 29.3 Å². The van der Waals surface area contributed by atoms with Gasteiger partial charge in [-0.1, -0.05) is 30.3 Å². The number of rotatable bonds is 6. The Balaban J connectivity index is 0.00000240. The minimum atomic E-state index is -0.0283. The predicted molar refractivity (Wildman–Crippen MR) is 116 cm³/mol. The predicted octanol–water partition coefficient (Wildman–Crippen LogP) is 2.86. The maximum Gasteiger partial charge on any atom is 0.252 e. The van der Waals surface area contributed by atoms with Crippen LogP contribution in [-0.2, 0) is 5.75 Å². The molecule has 0 aliphatic carbocycles. The standard InChI is InChI=1S/C20H22N6OS.ClH/c27-20(22-15-7-6-12-21-13-15)17-10-4-5-11-18(17)28-14-19-23-24-25-26(19)16-8-2-1-3-9-16;/h1-5,8-11,15,21H,6-7,12-14H2,(H,22,27);1H/t15-;/m0./s1. The van der Waals surface area contributed by atoms with E-state index in [1.54, 1.807) is 16.4 Å². The molecular formula is C20H23ClN6OS. The zero-order valence-electron chi connectivity index (χ0n) is 15.8. The topological polar surface area (TPSA) is 84.7 Å². The Kier molecular flexibility index (Phi) is 7.62. The summed E-state index contributed by atoms with van der Waals surface area (Å²) in [4.78, 5) is 13.7. The zero-order valence-corrected chi connectivity index (χ0v) is 17.5. The summed E-state index contributed by atoms with van der Waals surface area (Å²) in [6.45, 7) is 1.85. The van der Waals surface area contributed by atoms with Crippen LogP contribution >= 0.6 is 24.2 Å². The van der Waals surface area contributed by atoms with Gasteiger partial charge in [0.2, 0.25) is 0 Å². The lowest BCUT2D eigenvalue weighted by molar-refractivity contribution is 0.0927. The number of halogens is 1. The Morgan fingerprint density at radius 2 is 1.97 bits per heavy atom. The van der Waals surface area contributed by atoms with E-state index in [-0.39, 0.29) is 24.4 Å². The molecule has 1 fully saturated rings. The normalized spacial score (nSPS) is 16.1. The van der Waals surface area contributed by atoms with Crippen molar-refractivity contribution in [3.63, 3.8) is 0 Å². The highest BCUT2D eigenvalue weighted by Crippen LogP contribution is 2.26. The Bertz CT molecular complexity index is 929. The van der Waals surface area contributed by atoms with Gasteiger partial charge in [-0.25, -0.2) is 0 Å². The minimum absolute atomic E-state index is 0. The third kappa shape index (κ3) is 5.35. The molecule has 2 heterocycles. The highest BCUT2D eigenvalue weighted by Gasteiger charge is 2.19. The van der Waals surface area contributed by atoms with Crippen LogP contribution in [0.1, 0.15) is 29.0 Å². The molecule has 4 rings (SSSR count). The number of benzene rings is 2. The highest BCUT2D eigenvalue weighted by atomic mass is 35.5. The Hall–Kier alpha value is -2.42. The van der Waals surface area contributed by atoms with Crippen molar-refractivity contribution < 1.29 is 4.79 Å². The maximum atomic E-state index is 12.8. The van der Waals surface area contributed by atoms with Crippen molar-refractivity contribution in [2.75, 3.05) is 13.1 Å². The van der Waals surface area contributed by atoms with Crippen molar-refractivity contribution in [2.24, 2.45) is 0 Å². The molecule has 0 unspecified atom stereocenters. The molecule has 152 valence electrons. The quantitative estimate of drug-likeness (QED) is 0.585. The molecule has 1 atom stereocenters. The average Bonchev–Trinajstić information content (AvgIpc) is 3.22. The summed E-state index contributed by atoms with van der Waals surface area (Å²) in [7, 11) is 0. The number of para-hydroxylation sites is 1. The SMILES string of the molecule is Cl.O=C(N[C@H]1CCCNC1)c1ccccc1SCc1nnnn1-c1ccccc1. The lowest BCUT2D eigenvalue weighted by Gasteiger charge is -2.24. The van der Waals surface area contributed by atoms with E-state index in [2.05, 4.69) is 26.2 Å². The molecule has 2 aromatic carbocycles. The molecule has 29 heavy (non-hydrogen) atoms. The summed E-state index contributed by atoms with van der Waals surface area (Å²) in [5.74, 6) is 1.28. The van der Waals surface area contributed by atoms with E-state index in [1.807, 2.05) is 54.6 Å². The molecule has 0 saturated carbocycles. The third-order valence-electron chi connectivity index (χ3n) is 4.66. The summed E-state index contributed by atoms with van der Waals surface area (Å²) >= 11 is 1.56. The van der Waals surface area contributed by atoms with Crippen molar-refractivity contribution in [3.8, 4) is 5.69 Å². The number of thioether (sulfide) groups is 1. The van der Waals surface area contributed by atoms with Gasteiger partial charge in [0.25, 0.3) is 5.91 Å². The maximum absolute atomic E-state index is 12.8. The fourth-order valence-electron chi connectivity index (χ4n) is 3.23. The first-order valence-corrected chi connectivity index (χ1v) is 10.4. The van der Waals surface area contributed by atoms with Crippen LogP contribution in [0.3, 0.4) is 0 Å². The van der Waals surface area contributed by atoms with E-state index in [9.17, 15) is 4.79 Å². The van der Waals surface area contributed by atoms with Crippen LogP contribution in [0.2, 0.25) is 0 Å². The first-order valence-electron chi connectivity index (χ1n) is 9.37. The fourth-order valence-corrected chi connectivity index (χ4v) is 4.18. The largest absolute Gasteiger partial charge is 0.348 e. The van der Waals surface area contributed by atoms with Gasteiger partial charge < -0.3 is 10.6 Å². The van der Waals surface area contributed by atoms with Gasteiger partial charge in [-0.05, 0) is 54.1 Å². The van der Waals surface area contributed by atoms with Gasteiger partial charge in [-0.2, -0.15) is 4.68 Å². The fraction of sp³-hybridized carbons (Fsp3) is 0.300. The van der Waals surface area contributed by atoms with Crippen molar-refractivity contribution in [1.82, 2.24) is 30.8 Å². The van der Waals surface area contributed by atoms with Gasteiger partial charge in [-0.3, -0.25) is 4.79 Å². The zero-order chi connectivity index (χ0) is 19.2. The Labute approximate surface area is 180 Å². The van der Waals surface area contributed by atoms with Gasteiger partial charge in [0, 0.05) is 17.5 Å². The van der Waals surface area contributed by atoms with Crippen molar-refractivity contribution in [1.29, 1.82) is 0 Å². The van der Waals surface area contributed by atoms with E-state index >= 15 is 0 Å². The van der Waals surface area contributed by atoms with Gasteiger partial charge >= 0.3 is 0 Å². The molecule has 0 spiro atoms. The van der Waals surface area contributed by atoms with Gasteiger partial charge in [0.05, 0.1) is 17.0 Å². The lowest BCUT2D eigenvalue weighted by Crippen LogP contribution is -2.45. The van der Waals surface area contributed by atoms with Gasteiger partial charge in [0.1, 0.15) is 0 Å². The lowest BCUT2D eigenvalue weighted by atomic mass is 10.1. The van der Waals surface area contributed by atoms with Crippen LogP contribution in [0.15, 0.2) is 59.5 Å². The first kappa shape index (κ1) is 21.3. The number of aromatic nitrogens is 4. The summed E-state index contributed by atoms with van der Waals surface area (Å²) in [5.41, 5.74) is 1.61. The van der Waals surface area contributed by atoms with E-state index in [1.165, 1.54) is 0 Å². The number of carbonyl (C=O) groups is 1. The van der Waals surface area contributed by atoms with Crippen molar-refractivity contribution in [2.45, 2.75) is 29.5 Å². The van der Waals surface area contributed by atoms with E-state index < -0.39 is 0 Å². The number of hydrogen-bond donors (Lipinski definition) is 2. The average molecular weight is 431 g/mol. The molecule has 0 radical (unpaired) electrons. The molecule has 3 aromatic rings. The summed E-state index contributed by atoms with van der Waals surface area (Å²) in [5, 5.41) is 18.5. The summed E-state index contributed by atoms with van der Waals surface area (Å²) in [6.07, 6.45) is 2.10. The van der Waals surface area contributed by atoms with Crippen LogP contribution < -0.4 is 10.6 Å². The molecule has 7 nitrogen and oxygen atoms in total. The Morgan fingerprint density at radius 1 is 1.17 bits per heavy atom. The molecule has 0 bridgehead atoms. The van der Waals surface area contributed by atoms with Crippen molar-refractivity contribution in [3.05, 3.63) is 66.0 Å². The molecule has 1 aliphatic rings. The smallest absolute Gasteiger partial charge is 0.252 e. The van der Waals surface area contributed by atoms with E-state index in [0.29, 0.717) is 11.3 Å². The van der Waals surface area contributed by atoms with E-state index in [0.717, 1.165) is 42.3 Å². The van der Waals surface area contributed by atoms with Crippen LogP contribution in [-0.4, -0.2) is 45.2 Å². The second-order valence-corrected chi connectivity index (χ2v) is 7.66. The number of piperidine rings is 1. The molecule has 1 aliphatic heterocycles. The number of amides is 1. The third-order valence-corrected chi connectivity index (χ3v) is 5.72. The number of hydrogen-bond acceptors (Lipinski definition) is 6. The van der Waals surface area contributed by atoms with Gasteiger partial charge in [0.15, 0.2) is 5.82 Å². The molecule has 1 aromatic heterocycles. The molecule has 9 heteroatoms. The van der Waals surface area contributed by atoms with Crippen LogP contribution in [0.5, 0.6) is 0 Å². The number of carbonyl (C=O) groups excluding carboxylic acids is 1. The Morgan fingerprint density at radius 3 is 2.76 bits per heavy atom. The first-order chi connectivity index (χ1) is 13.8. The summed E-state index contributed by atoms with van der Waals surface area (Å²) in [6, 6.07) is 17.6. The molecule has 2 N–H and O–H groups in total. The summed E-state index contributed by atoms with van der Waals surface area (Å²) < 4.78 is 1.73. The van der Waals surface area contributed by atoms with Crippen molar-refractivity contribution >= 4 is 30.1 Å².